The van der Waals surface area contributed by atoms with Crippen LogP contribution >= 0.6 is 0 Å². The number of nitrogens with one attached hydrogen (secondary N) is 1. The third-order valence-corrected chi connectivity index (χ3v) is 2.54. The third kappa shape index (κ3) is 2.48. The van der Waals surface area contributed by atoms with Crippen LogP contribution in [0.25, 0.3) is 0 Å². The maximum atomic E-state index is 11.3. The molecule has 3 atom stereocenters. The molecule has 78 valence electrons. The first-order valence-corrected chi connectivity index (χ1v) is 4.77. The Morgan fingerprint density at radius 3 is 2.93 bits per heavy atom. The summed E-state index contributed by atoms with van der Waals surface area (Å²) in [5.41, 5.74) is 1.80. The van der Waals surface area contributed by atoms with Crippen LogP contribution in [0.4, 0.5) is 4.79 Å². The zero-order chi connectivity index (χ0) is 11.4. The molecule has 1 unspecified atom stereocenters. The second-order valence-electron chi connectivity index (χ2n) is 3.62. The normalized spacial score (nSPS) is 31.9. The molecular weight excluding hydrogens is 183 g/mol. The van der Waals surface area contributed by atoms with E-state index in [1.807, 2.05) is 0 Å². The quantitative estimate of drug-likeness (QED) is 0.498. The van der Waals surface area contributed by atoms with Gasteiger partial charge in [0, 0.05) is 6.04 Å². The van der Waals surface area contributed by atoms with Gasteiger partial charge in [0.1, 0.15) is 0 Å². The topological polar surface area (TPSA) is 92.4 Å². The molecule has 1 rings (SSSR count). The molecule has 0 bridgehead atoms. The van der Waals surface area contributed by atoms with Crippen molar-refractivity contribution in [1.29, 1.82) is 0 Å². The van der Waals surface area contributed by atoms with Crippen LogP contribution in [0.15, 0.2) is 0 Å². The van der Waals surface area contributed by atoms with E-state index in [0.29, 0.717) is 20.1 Å². The standard InChI is InChI=1S/C8H15BN2O3/c1-9-8(14)11-6-3-4(12)2-5(6)7(10)13/h4-6,9,12H,2-3H2,1H3,(H2,10,13)(H,11,14)/t4?,5-,6-/m0/s1/i/hD. The average molecular weight is 199 g/mol. The van der Waals surface area contributed by atoms with Gasteiger partial charge in [0.2, 0.25) is 13.2 Å². The number of hydrogen-bond donors (Lipinski definition) is 3. The average Bonchev–Trinajstić information content (AvgIpc) is 2.58. The Bertz CT molecular complexity index is 264. The van der Waals surface area contributed by atoms with Gasteiger partial charge in [-0.2, -0.15) is 0 Å². The van der Waals surface area contributed by atoms with Gasteiger partial charge in [0.05, 0.1) is 12.0 Å². The Kier molecular flexibility index (Phi) is 3.03. The molecule has 6 heteroatoms. The lowest BCUT2D eigenvalue weighted by Gasteiger charge is -2.17. The van der Waals surface area contributed by atoms with Gasteiger partial charge < -0.3 is 16.2 Å². The molecular formula is C8H15BN2O3. The molecule has 0 saturated heterocycles. The predicted molar refractivity (Wildman–Crippen MR) is 53.3 cm³/mol. The van der Waals surface area contributed by atoms with Crippen molar-refractivity contribution in [1.82, 2.24) is 5.32 Å². The van der Waals surface area contributed by atoms with Crippen LogP contribution in [0.5, 0.6) is 0 Å². The second-order valence-corrected chi connectivity index (χ2v) is 3.62. The summed E-state index contributed by atoms with van der Waals surface area (Å²) < 4.78 is 6.76. The molecule has 2 amide bonds. The molecule has 5 nitrogen and oxygen atoms in total. The smallest absolute Gasteiger partial charge is 0.230 e. The van der Waals surface area contributed by atoms with Crippen LogP contribution < -0.4 is 11.0 Å². The summed E-state index contributed by atoms with van der Waals surface area (Å²) in [5, 5.41) is 12.1. The Hall–Kier alpha value is -1.04. The Labute approximate surface area is 84.7 Å². The van der Waals surface area contributed by atoms with E-state index in [-0.39, 0.29) is 11.8 Å². The number of carbonyl (C=O) groups is 2. The maximum Gasteiger partial charge on any atom is 0.230 e. The molecule has 0 spiro atoms. The number of primary amides is 1. The van der Waals surface area contributed by atoms with Crippen LogP contribution in [0, 0.1) is 5.92 Å². The van der Waals surface area contributed by atoms with Crippen LogP contribution in [0.1, 0.15) is 12.8 Å². The Morgan fingerprint density at radius 2 is 2.36 bits per heavy atom. The summed E-state index contributed by atoms with van der Waals surface area (Å²) in [4.78, 5) is 22.4. The summed E-state index contributed by atoms with van der Waals surface area (Å²) in [7, 11) is 0.349. The van der Waals surface area contributed by atoms with Crippen molar-refractivity contribution in [2.45, 2.75) is 31.8 Å². The van der Waals surface area contributed by atoms with E-state index in [1.54, 1.807) is 12.5 Å². The SMILES string of the molecule is [2H]NC(=O)[C@H]1CC(O)C[C@@H]1NC(=O)BC. The molecule has 0 aliphatic heterocycles. The summed E-state index contributed by atoms with van der Waals surface area (Å²) in [5.74, 6) is -1.09. The minimum absolute atomic E-state index is 0.142. The zero-order valence-corrected chi connectivity index (χ0v) is 8.12. The van der Waals surface area contributed by atoms with E-state index in [0.717, 1.165) is 0 Å². The fourth-order valence-electron chi connectivity index (χ4n) is 1.77. The first-order chi connectivity index (χ1) is 7.08. The molecule has 0 aromatic rings. The highest BCUT2D eigenvalue weighted by Gasteiger charge is 2.37. The van der Waals surface area contributed by atoms with Crippen LogP contribution in [-0.2, 0) is 4.79 Å². The number of nitrogens with two attached hydrogens (primary N) is 1. The molecule has 14 heavy (non-hydrogen) atoms. The van der Waals surface area contributed by atoms with Gasteiger partial charge in [-0.25, -0.2) is 0 Å². The highest BCUT2D eigenvalue weighted by atomic mass is 16.3. The molecule has 0 heterocycles. The second kappa shape index (κ2) is 4.46. The largest absolute Gasteiger partial charge is 0.393 e. The molecule has 0 aromatic heterocycles. The number of carbonyl (C=O) groups excluding carboxylic acids is 2. The molecule has 0 radical (unpaired) electrons. The monoisotopic (exact) mass is 199 g/mol. The van der Waals surface area contributed by atoms with Crippen LogP contribution in [-0.4, -0.2) is 36.2 Å². The Morgan fingerprint density at radius 1 is 1.64 bits per heavy atom. The minimum Gasteiger partial charge on any atom is -0.393 e. The molecule has 1 fully saturated rings. The van der Waals surface area contributed by atoms with Gasteiger partial charge in [-0.3, -0.25) is 9.59 Å². The van der Waals surface area contributed by atoms with E-state index in [2.05, 4.69) is 5.32 Å². The van der Waals surface area contributed by atoms with Crippen molar-refractivity contribution in [2.75, 3.05) is 0 Å². The van der Waals surface area contributed by atoms with Crippen LogP contribution in [0.3, 0.4) is 0 Å². The maximum absolute atomic E-state index is 11.3. The van der Waals surface area contributed by atoms with Crippen LogP contribution in [0.2, 0.25) is 8.23 Å². The predicted octanol–water partition coefficient (Wildman–Crippen LogP) is -1.19. The van der Waals surface area contributed by atoms with Crippen molar-refractivity contribution in [3.63, 3.8) is 0 Å². The number of aliphatic hydroxyl groups is 1. The molecule has 4 N–H and O–H groups in total. The van der Waals surface area contributed by atoms with Crippen molar-refractivity contribution < 1.29 is 16.1 Å². The highest BCUT2D eigenvalue weighted by molar-refractivity contribution is 6.72. The first kappa shape index (κ1) is 9.52. The summed E-state index contributed by atoms with van der Waals surface area (Å²) in [6.45, 7) is 1.72. The van der Waals surface area contributed by atoms with Crippen molar-refractivity contribution >= 4 is 19.0 Å². The lowest BCUT2D eigenvalue weighted by Crippen LogP contribution is -2.43. The van der Waals surface area contributed by atoms with E-state index in [4.69, 9.17) is 1.41 Å². The van der Waals surface area contributed by atoms with Gasteiger partial charge in [-0.1, -0.05) is 6.82 Å². The summed E-state index contributed by atoms with van der Waals surface area (Å²) in [6, 6.07) is -0.349. The third-order valence-electron chi connectivity index (χ3n) is 2.54. The van der Waals surface area contributed by atoms with Crippen molar-refractivity contribution in [2.24, 2.45) is 11.6 Å². The molecule has 1 saturated carbocycles. The molecule has 0 aromatic carbocycles. The summed E-state index contributed by atoms with van der Waals surface area (Å²) >= 11 is 0. The van der Waals surface area contributed by atoms with Gasteiger partial charge in [0.25, 0.3) is 0 Å². The first-order valence-electron chi connectivity index (χ1n) is 5.27. The summed E-state index contributed by atoms with van der Waals surface area (Å²) in [6.07, 6.45) is 0.109. The van der Waals surface area contributed by atoms with Gasteiger partial charge in [0.15, 0.2) is 7.22 Å². The fraction of sp³-hybridized carbons (Fsp3) is 0.750. The molecule has 1 aliphatic carbocycles. The zero-order valence-electron chi connectivity index (χ0n) is 9.12. The number of amides is 2. The highest BCUT2D eigenvalue weighted by Crippen LogP contribution is 2.25. The van der Waals surface area contributed by atoms with E-state index in [9.17, 15) is 14.7 Å². The fourth-order valence-corrected chi connectivity index (χ4v) is 1.77. The van der Waals surface area contributed by atoms with Gasteiger partial charge in [-0.15, -0.1) is 0 Å². The van der Waals surface area contributed by atoms with Crippen molar-refractivity contribution in [3.05, 3.63) is 0 Å². The number of rotatable bonds is 3. The Balaban J connectivity index is 2.60. The number of aliphatic hydroxyl groups excluding tert-OH is 1. The van der Waals surface area contributed by atoms with Gasteiger partial charge >= 0.3 is 0 Å². The minimum atomic E-state index is -0.575. The van der Waals surface area contributed by atoms with Gasteiger partial charge in [-0.05, 0) is 12.8 Å². The lowest BCUT2D eigenvalue weighted by molar-refractivity contribution is -0.122. The number of hydrogen-bond acceptors (Lipinski definition) is 3. The van der Waals surface area contributed by atoms with Crippen molar-refractivity contribution in [3.8, 4) is 0 Å². The lowest BCUT2D eigenvalue weighted by atomic mass is 9.81. The van der Waals surface area contributed by atoms with E-state index < -0.39 is 17.9 Å². The van der Waals surface area contributed by atoms with E-state index >= 15 is 0 Å². The molecule has 1 aliphatic rings. The van der Waals surface area contributed by atoms with E-state index in [1.165, 1.54) is 0 Å².